The fraction of sp³-hybridized carbons (Fsp3) is 0.429. The Morgan fingerprint density at radius 2 is 2.44 bits per heavy atom. The highest BCUT2D eigenvalue weighted by Crippen LogP contribution is 2.29. The Bertz CT molecular complexity index is 362. The van der Waals surface area contributed by atoms with Crippen molar-refractivity contribution in [1.29, 1.82) is 0 Å². The van der Waals surface area contributed by atoms with Crippen molar-refractivity contribution in [3.8, 4) is 5.75 Å². The highest BCUT2D eigenvalue weighted by Gasteiger charge is 2.23. The molecule has 1 aliphatic rings. The second-order valence-electron chi connectivity index (χ2n) is 4.22. The third-order valence-electron chi connectivity index (χ3n) is 3.20. The molecule has 0 amide bonds. The van der Waals surface area contributed by atoms with E-state index in [1.54, 1.807) is 7.11 Å². The van der Waals surface area contributed by atoms with E-state index < -0.39 is 0 Å². The summed E-state index contributed by atoms with van der Waals surface area (Å²) in [4.78, 5) is 2.46. The molecule has 1 fully saturated rings. The Morgan fingerprint density at radius 3 is 3.19 bits per heavy atom. The number of ether oxygens (including phenoxy) is 1. The molecule has 86 valence electrons. The standard InChI is InChI=1S/C14H19NO/c1-3-6-12-8-5-10-15(12)13-7-4-9-14(11-13)16-2/h3-4,7,9,11-12H,1,5-6,8,10H2,2H3. The van der Waals surface area contributed by atoms with E-state index in [0.29, 0.717) is 6.04 Å². The number of hydrogen-bond donors (Lipinski definition) is 0. The topological polar surface area (TPSA) is 12.5 Å². The van der Waals surface area contributed by atoms with Gasteiger partial charge < -0.3 is 9.64 Å². The molecule has 1 saturated heterocycles. The van der Waals surface area contributed by atoms with Crippen LogP contribution in [0, 0.1) is 0 Å². The van der Waals surface area contributed by atoms with E-state index in [1.165, 1.54) is 18.5 Å². The smallest absolute Gasteiger partial charge is 0.120 e. The lowest BCUT2D eigenvalue weighted by molar-refractivity contribution is 0.414. The van der Waals surface area contributed by atoms with Gasteiger partial charge in [0.15, 0.2) is 0 Å². The van der Waals surface area contributed by atoms with Crippen LogP contribution in [0.25, 0.3) is 0 Å². The van der Waals surface area contributed by atoms with Crippen molar-refractivity contribution in [1.82, 2.24) is 0 Å². The summed E-state index contributed by atoms with van der Waals surface area (Å²) in [6.07, 6.45) is 5.62. The zero-order valence-electron chi connectivity index (χ0n) is 9.86. The van der Waals surface area contributed by atoms with Gasteiger partial charge in [-0.15, -0.1) is 6.58 Å². The van der Waals surface area contributed by atoms with Gasteiger partial charge in [-0.25, -0.2) is 0 Å². The molecule has 0 spiro atoms. The van der Waals surface area contributed by atoms with Crippen molar-refractivity contribution in [3.05, 3.63) is 36.9 Å². The summed E-state index contributed by atoms with van der Waals surface area (Å²) >= 11 is 0. The van der Waals surface area contributed by atoms with Crippen LogP contribution in [0.15, 0.2) is 36.9 Å². The average Bonchev–Trinajstić information content (AvgIpc) is 2.78. The van der Waals surface area contributed by atoms with Gasteiger partial charge in [0.05, 0.1) is 7.11 Å². The zero-order valence-corrected chi connectivity index (χ0v) is 9.86. The number of benzene rings is 1. The summed E-state index contributed by atoms with van der Waals surface area (Å²) < 4.78 is 5.26. The lowest BCUT2D eigenvalue weighted by Gasteiger charge is -2.26. The second-order valence-corrected chi connectivity index (χ2v) is 4.22. The van der Waals surface area contributed by atoms with Crippen molar-refractivity contribution in [2.24, 2.45) is 0 Å². The molecule has 2 rings (SSSR count). The first-order valence-electron chi connectivity index (χ1n) is 5.86. The van der Waals surface area contributed by atoms with E-state index in [0.717, 1.165) is 18.7 Å². The Balaban J connectivity index is 2.18. The van der Waals surface area contributed by atoms with Gasteiger partial charge in [0.1, 0.15) is 5.75 Å². The molecule has 1 aromatic rings. The van der Waals surface area contributed by atoms with Gasteiger partial charge in [-0.2, -0.15) is 0 Å². The maximum absolute atomic E-state index is 5.26. The van der Waals surface area contributed by atoms with Crippen LogP contribution in [0.3, 0.4) is 0 Å². The molecular weight excluding hydrogens is 198 g/mol. The van der Waals surface area contributed by atoms with Crippen LogP contribution in [-0.2, 0) is 0 Å². The van der Waals surface area contributed by atoms with E-state index in [1.807, 2.05) is 12.1 Å². The molecule has 2 nitrogen and oxygen atoms in total. The highest BCUT2D eigenvalue weighted by molar-refractivity contribution is 5.52. The molecule has 0 N–H and O–H groups in total. The Hall–Kier alpha value is -1.44. The van der Waals surface area contributed by atoms with Crippen LogP contribution in [0.1, 0.15) is 19.3 Å². The number of methoxy groups -OCH3 is 1. The largest absolute Gasteiger partial charge is 0.497 e. The average molecular weight is 217 g/mol. The van der Waals surface area contributed by atoms with E-state index in [4.69, 9.17) is 4.74 Å². The van der Waals surface area contributed by atoms with Crippen LogP contribution < -0.4 is 9.64 Å². The predicted octanol–water partition coefficient (Wildman–Crippen LogP) is 3.24. The summed E-state index contributed by atoms with van der Waals surface area (Å²) in [5, 5.41) is 0. The van der Waals surface area contributed by atoms with Gasteiger partial charge in [0.2, 0.25) is 0 Å². The monoisotopic (exact) mass is 217 g/mol. The van der Waals surface area contributed by atoms with E-state index in [2.05, 4.69) is 29.7 Å². The third kappa shape index (κ3) is 2.21. The molecule has 0 radical (unpaired) electrons. The lowest BCUT2D eigenvalue weighted by atomic mass is 10.1. The molecule has 0 saturated carbocycles. The molecule has 1 atom stereocenters. The number of hydrogen-bond acceptors (Lipinski definition) is 2. The Morgan fingerprint density at radius 1 is 1.56 bits per heavy atom. The first-order chi connectivity index (χ1) is 7.85. The molecule has 16 heavy (non-hydrogen) atoms. The van der Waals surface area contributed by atoms with Gasteiger partial charge in [0, 0.05) is 24.3 Å². The summed E-state index contributed by atoms with van der Waals surface area (Å²) in [5.41, 5.74) is 1.27. The molecule has 0 aromatic heterocycles. The Kier molecular flexibility index (Phi) is 3.50. The van der Waals surface area contributed by atoms with Gasteiger partial charge in [-0.1, -0.05) is 12.1 Å². The highest BCUT2D eigenvalue weighted by atomic mass is 16.5. The van der Waals surface area contributed by atoms with E-state index in [9.17, 15) is 0 Å². The maximum atomic E-state index is 5.26. The minimum Gasteiger partial charge on any atom is -0.497 e. The van der Waals surface area contributed by atoms with Gasteiger partial charge in [-0.3, -0.25) is 0 Å². The Labute approximate surface area is 97.5 Å². The predicted molar refractivity (Wildman–Crippen MR) is 68.2 cm³/mol. The minimum absolute atomic E-state index is 0.615. The van der Waals surface area contributed by atoms with Crippen LogP contribution >= 0.6 is 0 Å². The molecule has 1 aliphatic heterocycles. The first kappa shape index (κ1) is 11.1. The van der Waals surface area contributed by atoms with E-state index >= 15 is 0 Å². The molecular formula is C14H19NO. The second kappa shape index (κ2) is 5.06. The molecule has 1 unspecified atom stereocenters. The quantitative estimate of drug-likeness (QED) is 0.718. The summed E-state index contributed by atoms with van der Waals surface area (Å²) in [6, 6.07) is 8.93. The van der Waals surface area contributed by atoms with Crippen molar-refractivity contribution in [3.63, 3.8) is 0 Å². The third-order valence-corrected chi connectivity index (χ3v) is 3.20. The first-order valence-corrected chi connectivity index (χ1v) is 5.86. The molecule has 1 heterocycles. The fourth-order valence-electron chi connectivity index (χ4n) is 2.40. The minimum atomic E-state index is 0.615. The summed E-state index contributed by atoms with van der Waals surface area (Å²) in [6.45, 7) is 4.98. The number of anilines is 1. The van der Waals surface area contributed by atoms with Gasteiger partial charge in [-0.05, 0) is 31.4 Å². The number of rotatable bonds is 4. The van der Waals surface area contributed by atoms with E-state index in [-0.39, 0.29) is 0 Å². The summed E-state index contributed by atoms with van der Waals surface area (Å²) in [7, 11) is 1.71. The maximum Gasteiger partial charge on any atom is 0.120 e. The van der Waals surface area contributed by atoms with Crippen molar-refractivity contribution < 1.29 is 4.74 Å². The lowest BCUT2D eigenvalue weighted by Crippen LogP contribution is -2.28. The fourth-order valence-corrected chi connectivity index (χ4v) is 2.40. The molecule has 0 aliphatic carbocycles. The normalized spacial score (nSPS) is 19.8. The van der Waals surface area contributed by atoms with Gasteiger partial charge in [0.25, 0.3) is 0 Å². The van der Waals surface area contributed by atoms with Crippen molar-refractivity contribution >= 4 is 5.69 Å². The van der Waals surface area contributed by atoms with Crippen molar-refractivity contribution in [2.45, 2.75) is 25.3 Å². The molecule has 2 heteroatoms. The summed E-state index contributed by atoms with van der Waals surface area (Å²) in [5.74, 6) is 0.932. The zero-order chi connectivity index (χ0) is 11.4. The van der Waals surface area contributed by atoms with Crippen LogP contribution in [-0.4, -0.2) is 19.7 Å². The number of nitrogens with zero attached hydrogens (tertiary/aromatic N) is 1. The SMILES string of the molecule is C=CCC1CCCN1c1cccc(OC)c1. The van der Waals surface area contributed by atoms with Crippen LogP contribution in [0.4, 0.5) is 5.69 Å². The molecule has 0 bridgehead atoms. The van der Waals surface area contributed by atoms with Crippen LogP contribution in [0.5, 0.6) is 5.75 Å². The van der Waals surface area contributed by atoms with Crippen molar-refractivity contribution in [2.75, 3.05) is 18.6 Å². The van der Waals surface area contributed by atoms with Gasteiger partial charge >= 0.3 is 0 Å². The van der Waals surface area contributed by atoms with Crippen LogP contribution in [0.2, 0.25) is 0 Å². The molecule has 1 aromatic carbocycles.